The average molecular weight is 502 g/mol. The van der Waals surface area contributed by atoms with Gasteiger partial charge in [-0.1, -0.05) is 25.1 Å². The molecule has 2 aromatic carbocycles. The Labute approximate surface area is 206 Å². The van der Waals surface area contributed by atoms with E-state index in [4.69, 9.17) is 4.42 Å². The summed E-state index contributed by atoms with van der Waals surface area (Å²) in [6.45, 7) is 5.06. The van der Waals surface area contributed by atoms with Gasteiger partial charge in [-0.25, -0.2) is 9.78 Å². The Morgan fingerprint density at radius 3 is 2.28 bits per heavy atom. The number of carbonyl (C=O) groups is 2. The van der Waals surface area contributed by atoms with Crippen molar-refractivity contribution in [3.05, 3.63) is 66.1 Å². The number of anilines is 2. The fourth-order valence-corrected chi connectivity index (χ4v) is 3.83. The third kappa shape index (κ3) is 5.78. The Morgan fingerprint density at radius 1 is 1.00 bits per heavy atom. The lowest BCUT2D eigenvalue weighted by molar-refractivity contribution is -0.153. The fourth-order valence-electron chi connectivity index (χ4n) is 3.83. The van der Waals surface area contributed by atoms with Gasteiger partial charge in [0.25, 0.3) is 5.91 Å². The molecule has 4 rings (SSSR count). The second-order valence-corrected chi connectivity index (χ2v) is 8.27. The van der Waals surface area contributed by atoms with E-state index in [-0.39, 0.29) is 11.9 Å². The first-order chi connectivity index (χ1) is 17.3. The molecule has 0 unspecified atom stereocenters. The Morgan fingerprint density at radius 2 is 1.67 bits per heavy atom. The van der Waals surface area contributed by atoms with E-state index < -0.39 is 23.5 Å². The molecule has 1 saturated heterocycles. The van der Waals surface area contributed by atoms with E-state index in [9.17, 15) is 22.8 Å². The molecule has 0 bridgehead atoms. The standard InChI is InChI=1S/C25H26F3N5O3/c1-2-12-29-24(35)33-15-13-32(14-16-33)19-10-8-18(9-11-19)30-22(34)20-21(25(26,27)28)36-23(31-20)17-6-4-3-5-7-17/h3-11H,2,12-16H2,1H3,(H,29,35)(H,30,34). The van der Waals surface area contributed by atoms with E-state index in [1.54, 1.807) is 59.5 Å². The summed E-state index contributed by atoms with van der Waals surface area (Å²) in [6, 6.07) is 14.8. The van der Waals surface area contributed by atoms with Gasteiger partial charge in [-0.15, -0.1) is 0 Å². The van der Waals surface area contributed by atoms with Gasteiger partial charge in [-0.3, -0.25) is 4.79 Å². The Balaban J connectivity index is 1.42. The number of aromatic nitrogens is 1. The van der Waals surface area contributed by atoms with Gasteiger partial charge in [0.1, 0.15) is 0 Å². The summed E-state index contributed by atoms with van der Waals surface area (Å²) in [5, 5.41) is 5.33. The highest BCUT2D eigenvalue weighted by molar-refractivity contribution is 6.04. The minimum atomic E-state index is -4.88. The molecular weight excluding hydrogens is 475 g/mol. The molecule has 1 aliphatic heterocycles. The summed E-state index contributed by atoms with van der Waals surface area (Å²) in [6.07, 6.45) is -4.01. The predicted molar refractivity (Wildman–Crippen MR) is 129 cm³/mol. The highest BCUT2D eigenvalue weighted by Gasteiger charge is 2.42. The van der Waals surface area contributed by atoms with Crippen LogP contribution < -0.4 is 15.5 Å². The Bertz CT molecular complexity index is 1190. The van der Waals surface area contributed by atoms with Crippen LogP contribution in [0.3, 0.4) is 0 Å². The number of alkyl halides is 3. The van der Waals surface area contributed by atoms with Crippen LogP contribution in [0, 0.1) is 0 Å². The van der Waals surface area contributed by atoms with Crippen molar-refractivity contribution in [3.8, 4) is 11.5 Å². The minimum absolute atomic E-state index is 0.0731. The first-order valence-electron chi connectivity index (χ1n) is 11.6. The van der Waals surface area contributed by atoms with Crippen LogP contribution >= 0.6 is 0 Å². The van der Waals surface area contributed by atoms with Gasteiger partial charge >= 0.3 is 12.2 Å². The number of urea groups is 1. The number of hydrogen-bond acceptors (Lipinski definition) is 5. The number of halogens is 3. The molecule has 190 valence electrons. The molecule has 0 saturated carbocycles. The Hall–Kier alpha value is -4.02. The summed E-state index contributed by atoms with van der Waals surface area (Å²) < 4.78 is 45.5. The molecule has 2 N–H and O–H groups in total. The maximum atomic E-state index is 13.5. The fraction of sp³-hybridized carbons (Fsp3) is 0.320. The van der Waals surface area contributed by atoms with Gasteiger partial charge in [0, 0.05) is 49.7 Å². The van der Waals surface area contributed by atoms with Crippen LogP contribution in [0.4, 0.5) is 29.3 Å². The molecule has 1 fully saturated rings. The zero-order valence-electron chi connectivity index (χ0n) is 19.6. The second-order valence-electron chi connectivity index (χ2n) is 8.27. The summed E-state index contributed by atoms with van der Waals surface area (Å²) in [5.74, 6) is -2.75. The smallest absolute Gasteiger partial charge is 0.431 e. The van der Waals surface area contributed by atoms with Gasteiger partial charge in [-0.2, -0.15) is 13.2 Å². The number of carbonyl (C=O) groups excluding carboxylic acids is 2. The third-order valence-corrected chi connectivity index (χ3v) is 5.70. The molecule has 0 atom stereocenters. The van der Waals surface area contributed by atoms with Gasteiger partial charge in [0.2, 0.25) is 11.7 Å². The minimum Gasteiger partial charge on any atom is -0.431 e. The third-order valence-electron chi connectivity index (χ3n) is 5.70. The SMILES string of the molecule is CCCNC(=O)N1CCN(c2ccc(NC(=O)c3nc(-c4ccccc4)oc3C(F)(F)F)cc2)CC1. The molecule has 0 aliphatic carbocycles. The van der Waals surface area contributed by atoms with E-state index in [2.05, 4.69) is 20.5 Å². The number of rotatable bonds is 6. The number of amides is 3. The van der Waals surface area contributed by atoms with Gasteiger partial charge in [0.15, 0.2) is 5.69 Å². The molecule has 1 aliphatic rings. The first kappa shape index (κ1) is 25.1. The molecule has 0 spiro atoms. The first-order valence-corrected chi connectivity index (χ1v) is 11.6. The van der Waals surface area contributed by atoms with E-state index in [1.165, 1.54) is 0 Å². The molecule has 2 heterocycles. The van der Waals surface area contributed by atoms with Crippen molar-refractivity contribution >= 4 is 23.3 Å². The lowest BCUT2D eigenvalue weighted by atomic mass is 10.2. The van der Waals surface area contributed by atoms with Crippen molar-refractivity contribution in [1.82, 2.24) is 15.2 Å². The number of nitrogens with one attached hydrogen (secondary N) is 2. The van der Waals surface area contributed by atoms with Crippen LogP contribution in [0.15, 0.2) is 59.0 Å². The molecule has 36 heavy (non-hydrogen) atoms. The quantitative estimate of drug-likeness (QED) is 0.504. The van der Waals surface area contributed by atoms with Gasteiger partial charge < -0.3 is 24.9 Å². The lowest BCUT2D eigenvalue weighted by Crippen LogP contribution is -2.52. The largest absolute Gasteiger partial charge is 0.452 e. The van der Waals surface area contributed by atoms with Crippen molar-refractivity contribution in [1.29, 1.82) is 0 Å². The van der Waals surface area contributed by atoms with Gasteiger partial charge in [0.05, 0.1) is 0 Å². The van der Waals surface area contributed by atoms with Crippen molar-refractivity contribution < 1.29 is 27.2 Å². The van der Waals surface area contributed by atoms with Crippen molar-refractivity contribution in [2.45, 2.75) is 19.5 Å². The summed E-state index contributed by atoms with van der Waals surface area (Å²) in [7, 11) is 0. The topological polar surface area (TPSA) is 90.7 Å². The lowest BCUT2D eigenvalue weighted by Gasteiger charge is -2.36. The second kappa shape index (κ2) is 10.7. The molecule has 3 aromatic rings. The number of oxazole rings is 1. The average Bonchev–Trinajstić information content (AvgIpc) is 3.35. The molecular formula is C25H26F3N5O3. The van der Waals surface area contributed by atoms with Crippen LogP contribution in [-0.4, -0.2) is 54.5 Å². The van der Waals surface area contributed by atoms with E-state index >= 15 is 0 Å². The maximum Gasteiger partial charge on any atom is 0.452 e. The van der Waals surface area contributed by atoms with Crippen LogP contribution in [0.25, 0.3) is 11.5 Å². The highest BCUT2D eigenvalue weighted by atomic mass is 19.4. The van der Waals surface area contributed by atoms with E-state index in [1.807, 2.05) is 6.92 Å². The molecule has 3 amide bonds. The number of benzene rings is 2. The van der Waals surface area contributed by atoms with Crippen molar-refractivity contribution in [3.63, 3.8) is 0 Å². The number of nitrogens with zero attached hydrogens (tertiary/aromatic N) is 3. The van der Waals surface area contributed by atoms with Crippen LogP contribution in [0.5, 0.6) is 0 Å². The van der Waals surface area contributed by atoms with E-state index in [0.717, 1.165) is 12.1 Å². The zero-order chi connectivity index (χ0) is 25.7. The molecule has 11 heteroatoms. The van der Waals surface area contributed by atoms with E-state index in [0.29, 0.717) is 44.0 Å². The van der Waals surface area contributed by atoms with Crippen LogP contribution in [0.1, 0.15) is 29.6 Å². The monoisotopic (exact) mass is 501 g/mol. The highest BCUT2D eigenvalue weighted by Crippen LogP contribution is 2.35. The predicted octanol–water partition coefficient (Wildman–Crippen LogP) is 4.85. The molecule has 8 nitrogen and oxygen atoms in total. The summed E-state index contributed by atoms with van der Waals surface area (Å²) >= 11 is 0. The summed E-state index contributed by atoms with van der Waals surface area (Å²) in [4.78, 5) is 32.5. The maximum absolute atomic E-state index is 13.5. The van der Waals surface area contributed by atoms with Crippen molar-refractivity contribution in [2.75, 3.05) is 42.9 Å². The van der Waals surface area contributed by atoms with Crippen LogP contribution in [0.2, 0.25) is 0 Å². The number of hydrogen-bond donors (Lipinski definition) is 2. The molecule has 1 aromatic heterocycles. The Kier molecular flexibility index (Phi) is 7.47. The zero-order valence-corrected chi connectivity index (χ0v) is 19.6. The number of piperazine rings is 1. The molecule has 0 radical (unpaired) electrons. The summed E-state index contributed by atoms with van der Waals surface area (Å²) in [5.41, 5.74) is 0.696. The van der Waals surface area contributed by atoms with Gasteiger partial charge in [-0.05, 0) is 42.8 Å². The van der Waals surface area contributed by atoms with Crippen molar-refractivity contribution in [2.24, 2.45) is 0 Å². The van der Waals surface area contributed by atoms with Crippen LogP contribution in [-0.2, 0) is 6.18 Å². The normalized spacial score (nSPS) is 14.0.